The van der Waals surface area contributed by atoms with Gasteiger partial charge >= 0.3 is 0 Å². The van der Waals surface area contributed by atoms with E-state index in [0.717, 1.165) is 11.3 Å². The summed E-state index contributed by atoms with van der Waals surface area (Å²) < 4.78 is 1.91. The van der Waals surface area contributed by atoms with Crippen LogP contribution >= 0.6 is 0 Å². The van der Waals surface area contributed by atoms with E-state index in [1.54, 1.807) is 30.7 Å². The van der Waals surface area contributed by atoms with Crippen LogP contribution in [0.3, 0.4) is 0 Å². The molecule has 0 saturated heterocycles. The predicted octanol–water partition coefficient (Wildman–Crippen LogP) is 3.07. The molecule has 1 atom stereocenters. The number of hydrogen-bond acceptors (Lipinski definition) is 3. The number of aromatic nitrogens is 2. The molecule has 1 heterocycles. The van der Waals surface area contributed by atoms with Crippen LogP contribution in [-0.2, 0) is 0 Å². The van der Waals surface area contributed by atoms with Crippen molar-refractivity contribution in [1.82, 2.24) is 14.9 Å². The number of imidazole rings is 1. The van der Waals surface area contributed by atoms with Crippen LogP contribution in [0, 0.1) is 0 Å². The molecule has 0 spiro atoms. The monoisotopic (exact) mass is 307 g/mol. The number of rotatable bonds is 4. The van der Waals surface area contributed by atoms with Crippen molar-refractivity contribution < 1.29 is 9.90 Å². The predicted molar refractivity (Wildman–Crippen MR) is 87.6 cm³/mol. The van der Waals surface area contributed by atoms with Crippen molar-refractivity contribution in [3.05, 3.63) is 78.4 Å². The van der Waals surface area contributed by atoms with E-state index < -0.39 is 0 Å². The van der Waals surface area contributed by atoms with Gasteiger partial charge in [0.2, 0.25) is 0 Å². The first-order valence-electron chi connectivity index (χ1n) is 7.32. The van der Waals surface area contributed by atoms with Gasteiger partial charge in [-0.1, -0.05) is 24.3 Å². The molecule has 3 aromatic rings. The van der Waals surface area contributed by atoms with Gasteiger partial charge in [0.15, 0.2) is 0 Å². The molecule has 5 nitrogen and oxygen atoms in total. The largest absolute Gasteiger partial charge is 0.507 e. The minimum atomic E-state index is -0.297. The number of nitrogens with one attached hydrogen (secondary N) is 1. The van der Waals surface area contributed by atoms with Gasteiger partial charge in [0, 0.05) is 18.1 Å². The minimum absolute atomic E-state index is 0.0207. The fourth-order valence-corrected chi connectivity index (χ4v) is 2.37. The van der Waals surface area contributed by atoms with E-state index in [1.807, 2.05) is 42.0 Å². The summed E-state index contributed by atoms with van der Waals surface area (Å²) in [5.41, 5.74) is 2.26. The third-order valence-corrected chi connectivity index (χ3v) is 3.69. The summed E-state index contributed by atoms with van der Waals surface area (Å²) in [4.78, 5) is 16.2. The lowest BCUT2D eigenvalue weighted by molar-refractivity contribution is 0.0937. The molecule has 1 amide bonds. The second-order valence-electron chi connectivity index (χ2n) is 5.27. The lowest BCUT2D eigenvalue weighted by Gasteiger charge is -2.15. The number of benzene rings is 2. The quantitative estimate of drug-likeness (QED) is 0.778. The molecule has 3 rings (SSSR count). The first-order valence-corrected chi connectivity index (χ1v) is 7.32. The van der Waals surface area contributed by atoms with Gasteiger partial charge in [-0.05, 0) is 36.8 Å². The second kappa shape index (κ2) is 6.36. The van der Waals surface area contributed by atoms with Gasteiger partial charge in [0.05, 0.1) is 17.9 Å². The molecule has 0 aliphatic rings. The molecule has 0 aliphatic heterocycles. The van der Waals surface area contributed by atoms with Crippen LogP contribution in [0.2, 0.25) is 0 Å². The van der Waals surface area contributed by atoms with E-state index >= 15 is 0 Å². The van der Waals surface area contributed by atoms with Gasteiger partial charge in [0.1, 0.15) is 5.75 Å². The lowest BCUT2D eigenvalue weighted by atomic mass is 10.1. The topological polar surface area (TPSA) is 67.2 Å². The number of carbonyl (C=O) groups excluding carboxylic acids is 1. The first kappa shape index (κ1) is 14.8. The highest BCUT2D eigenvalue weighted by Gasteiger charge is 2.14. The fourth-order valence-electron chi connectivity index (χ4n) is 2.37. The maximum atomic E-state index is 12.2. The van der Waals surface area contributed by atoms with Gasteiger partial charge in [0.25, 0.3) is 5.91 Å². The Morgan fingerprint density at radius 1 is 1.17 bits per heavy atom. The Morgan fingerprint density at radius 2 is 1.91 bits per heavy atom. The summed E-state index contributed by atoms with van der Waals surface area (Å²) in [6.45, 7) is 1.91. The SMILES string of the molecule is CC(NC(=O)c1ccccc1O)c1ccc(-n2ccnc2)cc1. The number of hydrogen-bond donors (Lipinski definition) is 2. The third kappa shape index (κ3) is 3.23. The summed E-state index contributed by atoms with van der Waals surface area (Å²) in [6.07, 6.45) is 5.33. The zero-order chi connectivity index (χ0) is 16.2. The van der Waals surface area contributed by atoms with Crippen LogP contribution in [0.15, 0.2) is 67.3 Å². The van der Waals surface area contributed by atoms with Crippen molar-refractivity contribution in [2.45, 2.75) is 13.0 Å². The van der Waals surface area contributed by atoms with Gasteiger partial charge in [-0.3, -0.25) is 4.79 Å². The average molecular weight is 307 g/mol. The van der Waals surface area contributed by atoms with E-state index in [9.17, 15) is 9.90 Å². The zero-order valence-corrected chi connectivity index (χ0v) is 12.7. The van der Waals surface area contributed by atoms with Crippen LogP contribution in [0.1, 0.15) is 28.9 Å². The molecule has 0 radical (unpaired) electrons. The number of aromatic hydroxyl groups is 1. The average Bonchev–Trinajstić information content (AvgIpc) is 3.09. The van der Waals surface area contributed by atoms with E-state index in [1.165, 1.54) is 6.07 Å². The Balaban J connectivity index is 1.72. The van der Waals surface area contributed by atoms with Gasteiger partial charge < -0.3 is 15.0 Å². The second-order valence-corrected chi connectivity index (χ2v) is 5.27. The molecular weight excluding hydrogens is 290 g/mol. The number of amides is 1. The Morgan fingerprint density at radius 3 is 2.57 bits per heavy atom. The summed E-state index contributed by atoms with van der Waals surface area (Å²) in [5.74, 6) is -0.318. The number of carbonyl (C=O) groups is 1. The van der Waals surface area contributed by atoms with Crippen LogP contribution in [-0.4, -0.2) is 20.6 Å². The van der Waals surface area contributed by atoms with Crippen molar-refractivity contribution >= 4 is 5.91 Å². The van der Waals surface area contributed by atoms with Gasteiger partial charge in [-0.25, -0.2) is 4.98 Å². The van der Waals surface area contributed by atoms with E-state index in [2.05, 4.69) is 10.3 Å². The molecule has 2 N–H and O–H groups in total. The summed E-state index contributed by atoms with van der Waals surface area (Å²) in [7, 11) is 0. The summed E-state index contributed by atoms with van der Waals surface area (Å²) >= 11 is 0. The fraction of sp³-hybridized carbons (Fsp3) is 0.111. The molecule has 2 aromatic carbocycles. The highest BCUT2D eigenvalue weighted by atomic mass is 16.3. The highest BCUT2D eigenvalue weighted by Crippen LogP contribution is 2.19. The first-order chi connectivity index (χ1) is 11.1. The Labute approximate surface area is 134 Å². The maximum Gasteiger partial charge on any atom is 0.255 e. The van der Waals surface area contributed by atoms with Gasteiger partial charge in [-0.15, -0.1) is 0 Å². The molecule has 0 aliphatic carbocycles. The zero-order valence-electron chi connectivity index (χ0n) is 12.7. The molecule has 23 heavy (non-hydrogen) atoms. The third-order valence-electron chi connectivity index (χ3n) is 3.69. The molecule has 0 saturated carbocycles. The minimum Gasteiger partial charge on any atom is -0.507 e. The smallest absolute Gasteiger partial charge is 0.255 e. The summed E-state index contributed by atoms with van der Waals surface area (Å²) in [6, 6.07) is 14.2. The lowest BCUT2D eigenvalue weighted by Crippen LogP contribution is -2.26. The van der Waals surface area contributed by atoms with Crippen LogP contribution in [0.5, 0.6) is 5.75 Å². The standard InChI is InChI=1S/C18H17N3O2/c1-13(20-18(23)16-4-2-3-5-17(16)22)14-6-8-15(9-7-14)21-11-10-19-12-21/h2-13,22H,1H3,(H,20,23). The van der Waals surface area contributed by atoms with Gasteiger partial charge in [-0.2, -0.15) is 0 Å². The number of para-hydroxylation sites is 1. The summed E-state index contributed by atoms with van der Waals surface area (Å²) in [5, 5.41) is 12.6. The van der Waals surface area contributed by atoms with Crippen LogP contribution in [0.25, 0.3) is 5.69 Å². The van der Waals surface area contributed by atoms with Crippen LogP contribution in [0.4, 0.5) is 0 Å². The van der Waals surface area contributed by atoms with Crippen molar-refractivity contribution in [2.24, 2.45) is 0 Å². The molecular formula is C18H17N3O2. The Bertz CT molecular complexity index is 795. The normalized spacial score (nSPS) is 11.9. The highest BCUT2D eigenvalue weighted by molar-refractivity contribution is 5.96. The molecule has 0 bridgehead atoms. The van der Waals surface area contributed by atoms with Crippen molar-refractivity contribution in [1.29, 1.82) is 0 Å². The molecule has 5 heteroatoms. The van der Waals surface area contributed by atoms with Crippen molar-refractivity contribution in [2.75, 3.05) is 0 Å². The molecule has 1 unspecified atom stereocenters. The number of nitrogens with zero attached hydrogens (tertiary/aromatic N) is 2. The Kier molecular flexibility index (Phi) is 4.10. The maximum absolute atomic E-state index is 12.2. The molecule has 1 aromatic heterocycles. The molecule has 0 fully saturated rings. The van der Waals surface area contributed by atoms with Crippen molar-refractivity contribution in [3.63, 3.8) is 0 Å². The number of phenols is 1. The van der Waals surface area contributed by atoms with E-state index in [0.29, 0.717) is 0 Å². The van der Waals surface area contributed by atoms with Crippen molar-refractivity contribution in [3.8, 4) is 11.4 Å². The van der Waals surface area contributed by atoms with E-state index in [-0.39, 0.29) is 23.3 Å². The van der Waals surface area contributed by atoms with E-state index in [4.69, 9.17) is 0 Å². The Hall–Kier alpha value is -3.08. The molecule has 116 valence electrons. The number of phenolic OH excluding ortho intramolecular Hbond substituents is 1. The van der Waals surface area contributed by atoms with Crippen LogP contribution < -0.4 is 5.32 Å².